The number of nitrogens with one attached hydrogen (secondary N) is 1. The van der Waals surface area contributed by atoms with Crippen LogP contribution in [0.3, 0.4) is 0 Å². The van der Waals surface area contributed by atoms with Gasteiger partial charge in [-0.15, -0.1) is 0 Å². The van der Waals surface area contributed by atoms with Crippen LogP contribution in [0.25, 0.3) is 11.5 Å². The van der Waals surface area contributed by atoms with Crippen LogP contribution in [0.15, 0.2) is 18.3 Å². The van der Waals surface area contributed by atoms with Crippen molar-refractivity contribution in [3.8, 4) is 11.5 Å². The molecule has 0 saturated heterocycles. The van der Waals surface area contributed by atoms with E-state index in [0.717, 1.165) is 17.3 Å². The lowest BCUT2D eigenvalue weighted by Gasteiger charge is -1.95. The first-order chi connectivity index (χ1) is 5.77. The highest BCUT2D eigenvalue weighted by Crippen LogP contribution is 2.13. The average molecular weight is 162 g/mol. The summed E-state index contributed by atoms with van der Waals surface area (Å²) in [5.41, 5.74) is 1.03. The van der Waals surface area contributed by atoms with Crippen LogP contribution in [0.2, 0.25) is 0 Å². The van der Waals surface area contributed by atoms with Crippen LogP contribution in [-0.4, -0.2) is 19.7 Å². The molecule has 4 nitrogen and oxygen atoms in total. The van der Waals surface area contributed by atoms with Gasteiger partial charge in [0.15, 0.2) is 5.82 Å². The number of hydrogen-bond acceptors (Lipinski definition) is 2. The largest absolute Gasteiger partial charge is 0.348 e. The van der Waals surface area contributed by atoms with Crippen LogP contribution in [0.5, 0.6) is 0 Å². The van der Waals surface area contributed by atoms with E-state index in [0.29, 0.717) is 0 Å². The van der Waals surface area contributed by atoms with E-state index in [2.05, 4.69) is 15.2 Å². The van der Waals surface area contributed by atoms with Crippen molar-refractivity contribution in [3.63, 3.8) is 0 Å². The molecule has 0 aliphatic rings. The van der Waals surface area contributed by atoms with Gasteiger partial charge in [-0.2, -0.15) is 5.10 Å². The van der Waals surface area contributed by atoms with Crippen molar-refractivity contribution in [2.45, 2.75) is 6.92 Å². The molecule has 0 spiro atoms. The average Bonchev–Trinajstić information content (AvgIpc) is 2.58. The summed E-state index contributed by atoms with van der Waals surface area (Å²) < 4.78 is 1.99. The molecule has 0 bridgehead atoms. The fourth-order valence-corrected chi connectivity index (χ4v) is 1.15. The molecule has 0 atom stereocenters. The standard InChI is InChI=1S/C8H10N4/c1-6-9-8(11-10-6)7-4-3-5-12(7)2/h3-5H,1-2H3,(H,9,10,11). The summed E-state index contributed by atoms with van der Waals surface area (Å²) in [4.78, 5) is 4.23. The zero-order valence-electron chi connectivity index (χ0n) is 7.07. The molecule has 0 aliphatic heterocycles. The van der Waals surface area contributed by atoms with Gasteiger partial charge in [0.05, 0.1) is 5.69 Å². The number of H-pyrrole nitrogens is 1. The summed E-state index contributed by atoms with van der Waals surface area (Å²) in [5.74, 6) is 1.59. The van der Waals surface area contributed by atoms with Crippen LogP contribution in [0.4, 0.5) is 0 Å². The van der Waals surface area contributed by atoms with E-state index in [1.54, 1.807) is 0 Å². The van der Waals surface area contributed by atoms with Crippen LogP contribution in [0.1, 0.15) is 5.82 Å². The Labute approximate surface area is 70.3 Å². The van der Waals surface area contributed by atoms with Gasteiger partial charge in [-0.25, -0.2) is 4.98 Å². The van der Waals surface area contributed by atoms with Gasteiger partial charge in [0.1, 0.15) is 5.82 Å². The third-order valence-corrected chi connectivity index (χ3v) is 1.77. The van der Waals surface area contributed by atoms with E-state index >= 15 is 0 Å². The third-order valence-electron chi connectivity index (χ3n) is 1.77. The molecule has 0 aromatic carbocycles. The number of hydrogen-bond donors (Lipinski definition) is 1. The number of aromatic nitrogens is 4. The van der Waals surface area contributed by atoms with Crippen molar-refractivity contribution >= 4 is 0 Å². The molecule has 2 aromatic rings. The Balaban J connectivity index is 2.50. The SMILES string of the molecule is Cc1nc(-c2cccn2C)n[nH]1. The van der Waals surface area contributed by atoms with Crippen molar-refractivity contribution in [1.29, 1.82) is 0 Å². The van der Waals surface area contributed by atoms with E-state index in [1.807, 2.05) is 36.9 Å². The molecule has 1 N–H and O–H groups in total. The summed E-state index contributed by atoms with van der Waals surface area (Å²) in [6, 6.07) is 3.96. The van der Waals surface area contributed by atoms with Gasteiger partial charge >= 0.3 is 0 Å². The Morgan fingerprint density at radius 3 is 2.83 bits per heavy atom. The molecule has 0 unspecified atom stereocenters. The number of rotatable bonds is 1. The van der Waals surface area contributed by atoms with E-state index in [-0.39, 0.29) is 0 Å². The molecule has 62 valence electrons. The van der Waals surface area contributed by atoms with Gasteiger partial charge in [0.2, 0.25) is 0 Å². The highest BCUT2D eigenvalue weighted by Gasteiger charge is 2.05. The Bertz CT molecular complexity index is 385. The summed E-state index contributed by atoms with van der Waals surface area (Å²) in [6.45, 7) is 1.89. The lowest BCUT2D eigenvalue weighted by atomic mass is 10.4. The second-order valence-corrected chi connectivity index (χ2v) is 2.75. The molecule has 2 aromatic heterocycles. The molecular weight excluding hydrogens is 152 g/mol. The maximum atomic E-state index is 4.23. The molecule has 0 fully saturated rings. The fraction of sp³-hybridized carbons (Fsp3) is 0.250. The molecule has 4 heteroatoms. The van der Waals surface area contributed by atoms with Crippen LogP contribution in [0, 0.1) is 6.92 Å². The summed E-state index contributed by atoms with van der Waals surface area (Å²) in [6.07, 6.45) is 1.97. The van der Waals surface area contributed by atoms with Crippen LogP contribution >= 0.6 is 0 Å². The smallest absolute Gasteiger partial charge is 0.197 e. The second kappa shape index (κ2) is 2.48. The van der Waals surface area contributed by atoms with Gasteiger partial charge < -0.3 is 4.57 Å². The lowest BCUT2D eigenvalue weighted by Crippen LogP contribution is -1.90. The van der Waals surface area contributed by atoms with Crippen molar-refractivity contribution in [3.05, 3.63) is 24.2 Å². The number of aryl methyl sites for hydroxylation is 2. The lowest BCUT2D eigenvalue weighted by molar-refractivity contribution is 0.922. The molecule has 12 heavy (non-hydrogen) atoms. The van der Waals surface area contributed by atoms with E-state index in [1.165, 1.54) is 0 Å². The minimum absolute atomic E-state index is 0.750. The van der Waals surface area contributed by atoms with Crippen molar-refractivity contribution in [2.24, 2.45) is 7.05 Å². The predicted molar refractivity (Wildman–Crippen MR) is 45.5 cm³/mol. The first kappa shape index (κ1) is 7.09. The quantitative estimate of drug-likeness (QED) is 0.683. The zero-order chi connectivity index (χ0) is 8.55. The molecule has 0 amide bonds. The van der Waals surface area contributed by atoms with Gasteiger partial charge in [-0.1, -0.05) is 0 Å². The van der Waals surface area contributed by atoms with E-state index in [4.69, 9.17) is 0 Å². The molecule has 0 saturated carbocycles. The van der Waals surface area contributed by atoms with Crippen molar-refractivity contribution in [1.82, 2.24) is 19.7 Å². The van der Waals surface area contributed by atoms with Crippen molar-refractivity contribution in [2.75, 3.05) is 0 Å². The topological polar surface area (TPSA) is 46.5 Å². The molecule has 2 heterocycles. The van der Waals surface area contributed by atoms with Gasteiger partial charge in [0.25, 0.3) is 0 Å². The summed E-state index contributed by atoms with van der Waals surface area (Å²) in [5, 5.41) is 6.87. The minimum Gasteiger partial charge on any atom is -0.348 e. The Kier molecular flexibility index (Phi) is 1.46. The van der Waals surface area contributed by atoms with Gasteiger partial charge in [-0.05, 0) is 19.1 Å². The minimum atomic E-state index is 0.750. The Hall–Kier alpha value is -1.58. The predicted octanol–water partition coefficient (Wildman–Crippen LogP) is 1.12. The molecular formula is C8H10N4. The zero-order valence-corrected chi connectivity index (χ0v) is 7.07. The first-order valence-electron chi connectivity index (χ1n) is 3.78. The first-order valence-corrected chi connectivity index (χ1v) is 3.78. The maximum Gasteiger partial charge on any atom is 0.197 e. The van der Waals surface area contributed by atoms with Crippen LogP contribution < -0.4 is 0 Å². The molecule has 0 radical (unpaired) electrons. The summed E-state index contributed by atoms with van der Waals surface area (Å²) >= 11 is 0. The van der Waals surface area contributed by atoms with Crippen molar-refractivity contribution < 1.29 is 0 Å². The second-order valence-electron chi connectivity index (χ2n) is 2.75. The Morgan fingerprint density at radius 1 is 1.50 bits per heavy atom. The maximum absolute atomic E-state index is 4.23. The number of nitrogens with zero attached hydrogens (tertiary/aromatic N) is 3. The molecule has 0 aliphatic carbocycles. The fourth-order valence-electron chi connectivity index (χ4n) is 1.15. The van der Waals surface area contributed by atoms with E-state index in [9.17, 15) is 0 Å². The monoisotopic (exact) mass is 162 g/mol. The normalized spacial score (nSPS) is 10.5. The third kappa shape index (κ3) is 1.01. The van der Waals surface area contributed by atoms with Crippen LogP contribution in [-0.2, 0) is 7.05 Å². The highest BCUT2D eigenvalue weighted by atomic mass is 15.2. The van der Waals surface area contributed by atoms with Gasteiger partial charge in [-0.3, -0.25) is 5.10 Å². The number of aromatic amines is 1. The van der Waals surface area contributed by atoms with E-state index < -0.39 is 0 Å². The highest BCUT2D eigenvalue weighted by molar-refractivity contribution is 5.49. The molecule has 2 rings (SSSR count). The Morgan fingerprint density at radius 2 is 2.33 bits per heavy atom. The van der Waals surface area contributed by atoms with Gasteiger partial charge in [0, 0.05) is 13.2 Å². The summed E-state index contributed by atoms with van der Waals surface area (Å²) in [7, 11) is 1.97.